The summed E-state index contributed by atoms with van der Waals surface area (Å²) in [6, 6.07) is 0. The average Bonchev–Trinajstić information content (AvgIpc) is 2.45. The van der Waals surface area contributed by atoms with Gasteiger partial charge in [-0.1, -0.05) is 55.4 Å². The van der Waals surface area contributed by atoms with Crippen LogP contribution in [0.15, 0.2) is 0 Å². The zero-order chi connectivity index (χ0) is 16.4. The molecular weight excluding hydrogens is 294 g/mol. The van der Waals surface area contributed by atoms with Crippen LogP contribution in [0.3, 0.4) is 0 Å². The largest absolute Gasteiger partial charge is 0.282 e. The van der Waals surface area contributed by atoms with E-state index in [4.69, 9.17) is 0 Å². The van der Waals surface area contributed by atoms with E-state index in [1.54, 1.807) is 0 Å². The molecule has 128 valence electrons. The first kappa shape index (κ1) is 21.8. The van der Waals surface area contributed by atoms with E-state index in [1.807, 2.05) is 0 Å². The molecule has 2 nitrogen and oxygen atoms in total. The first-order chi connectivity index (χ1) is 9.92. The number of rotatable bonds is 12. The monoisotopic (exact) mass is 334 g/mol. The van der Waals surface area contributed by atoms with Crippen LogP contribution >= 0.6 is 16.1 Å². The Morgan fingerprint density at radius 3 is 1.10 bits per heavy atom. The van der Waals surface area contributed by atoms with Gasteiger partial charge in [0.05, 0.1) is 0 Å². The molecule has 21 heavy (non-hydrogen) atoms. The summed E-state index contributed by atoms with van der Waals surface area (Å²) < 4.78 is 5.43. The van der Waals surface area contributed by atoms with Crippen LogP contribution in [-0.2, 0) is 0 Å². The van der Waals surface area contributed by atoms with Crippen molar-refractivity contribution in [2.24, 2.45) is 0 Å². The Balaban J connectivity index is 4.51. The molecule has 0 amide bonds. The molecule has 0 saturated carbocycles. The fraction of sp³-hybridized carbons (Fsp3) is 1.00. The molecule has 0 fully saturated rings. The second-order valence-corrected chi connectivity index (χ2v) is 12.0. The van der Waals surface area contributed by atoms with Gasteiger partial charge in [0, 0.05) is 0 Å². The fourth-order valence-electron chi connectivity index (χ4n) is 3.02. The van der Waals surface area contributed by atoms with Gasteiger partial charge < -0.3 is 0 Å². The summed E-state index contributed by atoms with van der Waals surface area (Å²) in [6.07, 6.45) is 4.28. The van der Waals surface area contributed by atoms with Crippen molar-refractivity contribution in [3.8, 4) is 0 Å². The second-order valence-electron chi connectivity index (χ2n) is 6.15. The number of hydrogen-bond acceptors (Lipinski definition) is 2. The van der Waals surface area contributed by atoms with Crippen LogP contribution in [0.1, 0.15) is 61.8 Å². The van der Waals surface area contributed by atoms with Crippen molar-refractivity contribution in [1.82, 2.24) is 9.34 Å². The first-order valence-electron chi connectivity index (χ1n) is 8.95. The van der Waals surface area contributed by atoms with Crippen molar-refractivity contribution in [1.29, 1.82) is 0 Å². The lowest BCUT2D eigenvalue weighted by molar-refractivity contribution is 0.496. The van der Waals surface area contributed by atoms with E-state index in [-0.39, 0.29) is 16.1 Å². The molecule has 4 heteroatoms. The minimum atomic E-state index is 0.0642. The predicted molar refractivity (Wildman–Crippen MR) is 104 cm³/mol. The smallest absolute Gasteiger partial charge is 0.000758 e. The van der Waals surface area contributed by atoms with Crippen molar-refractivity contribution in [2.75, 3.05) is 38.5 Å². The van der Waals surface area contributed by atoms with E-state index in [1.165, 1.54) is 44.9 Å². The van der Waals surface area contributed by atoms with Crippen LogP contribution in [0.5, 0.6) is 0 Å². The highest BCUT2D eigenvalue weighted by atomic mass is 31.1. The summed E-state index contributed by atoms with van der Waals surface area (Å²) in [6.45, 7) is 23.8. The maximum Gasteiger partial charge on any atom is -0.000758 e. The quantitative estimate of drug-likeness (QED) is 0.424. The van der Waals surface area contributed by atoms with Gasteiger partial charge in [0.15, 0.2) is 0 Å². The predicted octanol–water partition coefficient (Wildman–Crippen LogP) is 5.67. The topological polar surface area (TPSA) is 6.48 Å². The van der Waals surface area contributed by atoms with E-state index in [9.17, 15) is 0 Å². The summed E-state index contributed by atoms with van der Waals surface area (Å²) in [5, 5.41) is 0. The molecule has 0 rings (SSSR count). The zero-order valence-electron chi connectivity index (χ0n) is 15.9. The van der Waals surface area contributed by atoms with E-state index >= 15 is 0 Å². The van der Waals surface area contributed by atoms with Gasteiger partial charge in [0.2, 0.25) is 0 Å². The lowest BCUT2D eigenvalue weighted by Crippen LogP contribution is -2.24. The van der Waals surface area contributed by atoms with Gasteiger partial charge in [-0.2, -0.15) is 0 Å². The van der Waals surface area contributed by atoms with Crippen LogP contribution < -0.4 is 0 Å². The van der Waals surface area contributed by atoms with Crippen molar-refractivity contribution in [3.05, 3.63) is 0 Å². The number of nitrogens with zero attached hydrogens (tertiary/aromatic N) is 2. The molecule has 0 aliphatic rings. The Hall–Kier alpha value is 0.780. The SMILES string of the molecule is CCN(CC)P(CCCP(C(C)C)N(CC)CC)C(C)C. The van der Waals surface area contributed by atoms with Crippen molar-refractivity contribution in [3.63, 3.8) is 0 Å². The maximum absolute atomic E-state index is 2.72. The summed E-state index contributed by atoms with van der Waals surface area (Å²) in [5.41, 5.74) is 1.66. The minimum Gasteiger partial charge on any atom is -0.282 e. The van der Waals surface area contributed by atoms with Gasteiger partial charge in [0.1, 0.15) is 0 Å². The molecule has 0 aliphatic heterocycles. The van der Waals surface area contributed by atoms with Crippen LogP contribution in [-0.4, -0.2) is 59.2 Å². The molecule has 0 aromatic heterocycles. The maximum atomic E-state index is 2.72. The molecule has 0 bridgehead atoms. The molecule has 0 aromatic carbocycles. The van der Waals surface area contributed by atoms with Crippen molar-refractivity contribution < 1.29 is 0 Å². The highest BCUT2D eigenvalue weighted by Gasteiger charge is 2.22. The van der Waals surface area contributed by atoms with Crippen LogP contribution in [0.4, 0.5) is 0 Å². The van der Waals surface area contributed by atoms with Gasteiger partial charge in [-0.05, 0) is 72.4 Å². The van der Waals surface area contributed by atoms with E-state index < -0.39 is 0 Å². The van der Waals surface area contributed by atoms with Crippen LogP contribution in [0.25, 0.3) is 0 Å². The first-order valence-corrected chi connectivity index (χ1v) is 12.0. The molecule has 2 unspecified atom stereocenters. The Morgan fingerprint density at radius 2 is 0.905 bits per heavy atom. The number of hydrogen-bond donors (Lipinski definition) is 0. The molecule has 0 N–H and O–H groups in total. The van der Waals surface area contributed by atoms with Gasteiger partial charge in [0.25, 0.3) is 0 Å². The summed E-state index contributed by atoms with van der Waals surface area (Å²) in [7, 11) is 0.128. The minimum absolute atomic E-state index is 0.0642. The van der Waals surface area contributed by atoms with Gasteiger partial charge in [-0.25, -0.2) is 0 Å². The third-order valence-electron chi connectivity index (χ3n) is 4.15. The van der Waals surface area contributed by atoms with Gasteiger partial charge >= 0.3 is 0 Å². The third kappa shape index (κ3) is 7.74. The fourth-order valence-corrected chi connectivity index (χ4v) is 8.59. The average molecular weight is 334 g/mol. The normalized spacial score (nSPS) is 15.4. The standard InChI is InChI=1S/C17H40N2P2/c1-9-18(10-2)20(16(5)6)14-13-15-21(17(7)8)19(11-3)12-4/h16-17H,9-15H2,1-8H3. The molecule has 2 atom stereocenters. The molecule has 0 saturated heterocycles. The lowest BCUT2D eigenvalue weighted by Gasteiger charge is -2.36. The van der Waals surface area contributed by atoms with E-state index in [0.717, 1.165) is 11.3 Å². The molecule has 0 aromatic rings. The van der Waals surface area contributed by atoms with Gasteiger partial charge in [-0.3, -0.25) is 9.34 Å². The van der Waals surface area contributed by atoms with Crippen LogP contribution in [0, 0.1) is 0 Å². The molecule has 0 radical (unpaired) electrons. The Labute approximate surface area is 137 Å². The zero-order valence-corrected chi connectivity index (χ0v) is 17.7. The lowest BCUT2D eigenvalue weighted by atomic mass is 10.5. The molecule has 0 heterocycles. The van der Waals surface area contributed by atoms with E-state index in [0.29, 0.717) is 0 Å². The Morgan fingerprint density at radius 1 is 0.619 bits per heavy atom. The Bertz CT molecular complexity index is 215. The van der Waals surface area contributed by atoms with Crippen LogP contribution in [0.2, 0.25) is 0 Å². The van der Waals surface area contributed by atoms with Gasteiger partial charge in [-0.15, -0.1) is 0 Å². The van der Waals surface area contributed by atoms with E-state index in [2.05, 4.69) is 64.7 Å². The summed E-state index contributed by atoms with van der Waals surface area (Å²) in [4.78, 5) is 0. The van der Waals surface area contributed by atoms with Crippen molar-refractivity contribution >= 4 is 16.1 Å². The highest BCUT2D eigenvalue weighted by Crippen LogP contribution is 2.49. The third-order valence-corrected chi connectivity index (χ3v) is 10.7. The summed E-state index contributed by atoms with van der Waals surface area (Å²) in [5.74, 6) is 0. The second kappa shape index (κ2) is 12.2. The molecular formula is C17H40N2P2. The summed E-state index contributed by atoms with van der Waals surface area (Å²) >= 11 is 0. The molecule has 0 aliphatic carbocycles. The Kier molecular flexibility index (Phi) is 12.7. The highest BCUT2D eigenvalue weighted by molar-refractivity contribution is 7.57. The molecule has 0 spiro atoms. The van der Waals surface area contributed by atoms with Crippen molar-refractivity contribution in [2.45, 2.75) is 73.1 Å².